The van der Waals surface area contributed by atoms with Crippen LogP contribution in [0.4, 0.5) is 13.2 Å². The molecule has 4 rings (SSSR count). The van der Waals surface area contributed by atoms with Gasteiger partial charge >= 0.3 is 6.36 Å². The predicted molar refractivity (Wildman–Crippen MR) is 105 cm³/mol. The zero-order valence-corrected chi connectivity index (χ0v) is 16.8. The van der Waals surface area contributed by atoms with E-state index >= 15 is 0 Å². The SMILES string of the molecule is Cc1cn(-c2ccc3n(c2=O)C[C@@H](C)N(Cc2cccc(OC(F)(F)F)c2)C3=O)cn1. The first-order chi connectivity index (χ1) is 14.6. The number of aryl methyl sites for hydroxylation is 1. The van der Waals surface area contributed by atoms with E-state index in [4.69, 9.17) is 0 Å². The summed E-state index contributed by atoms with van der Waals surface area (Å²) in [5, 5.41) is 0. The summed E-state index contributed by atoms with van der Waals surface area (Å²) in [6, 6.07) is 8.31. The van der Waals surface area contributed by atoms with Gasteiger partial charge < -0.3 is 18.8 Å². The Kier molecular flexibility index (Phi) is 5.08. The monoisotopic (exact) mass is 432 g/mol. The van der Waals surface area contributed by atoms with Crippen molar-refractivity contribution in [2.24, 2.45) is 0 Å². The minimum Gasteiger partial charge on any atom is -0.406 e. The Labute approximate surface area is 175 Å². The molecule has 0 saturated carbocycles. The van der Waals surface area contributed by atoms with Crippen molar-refractivity contribution in [3.05, 3.63) is 76.2 Å². The van der Waals surface area contributed by atoms with Gasteiger partial charge in [-0.3, -0.25) is 9.59 Å². The van der Waals surface area contributed by atoms with Crippen LogP contribution in [0.3, 0.4) is 0 Å². The number of halogens is 3. The molecule has 0 N–H and O–H groups in total. The van der Waals surface area contributed by atoms with Crippen LogP contribution in [0.5, 0.6) is 5.75 Å². The molecule has 1 aliphatic heterocycles. The number of amides is 1. The summed E-state index contributed by atoms with van der Waals surface area (Å²) in [6.45, 7) is 3.95. The molecule has 0 bridgehead atoms. The fourth-order valence-electron chi connectivity index (χ4n) is 3.66. The molecule has 1 aliphatic rings. The second-order valence-electron chi connectivity index (χ2n) is 7.42. The lowest BCUT2D eigenvalue weighted by Crippen LogP contribution is -2.49. The Balaban J connectivity index is 1.62. The molecular weight excluding hydrogens is 413 g/mol. The highest BCUT2D eigenvalue weighted by Crippen LogP contribution is 2.25. The number of aromatic nitrogens is 3. The molecule has 1 aromatic carbocycles. The van der Waals surface area contributed by atoms with Gasteiger partial charge in [0.15, 0.2) is 0 Å². The fraction of sp³-hybridized carbons (Fsp3) is 0.286. The second kappa shape index (κ2) is 7.60. The van der Waals surface area contributed by atoms with E-state index in [0.717, 1.165) is 5.69 Å². The van der Waals surface area contributed by atoms with Gasteiger partial charge in [-0.25, -0.2) is 4.98 Å². The highest BCUT2D eigenvalue weighted by Gasteiger charge is 2.33. The van der Waals surface area contributed by atoms with Gasteiger partial charge in [-0.2, -0.15) is 0 Å². The van der Waals surface area contributed by atoms with Crippen LogP contribution < -0.4 is 10.3 Å². The van der Waals surface area contributed by atoms with Crippen LogP contribution in [0, 0.1) is 6.92 Å². The summed E-state index contributed by atoms with van der Waals surface area (Å²) in [5.74, 6) is -0.717. The summed E-state index contributed by atoms with van der Waals surface area (Å²) < 4.78 is 44.5. The third-order valence-electron chi connectivity index (χ3n) is 5.09. The van der Waals surface area contributed by atoms with Gasteiger partial charge in [0, 0.05) is 25.3 Å². The molecular formula is C21H19F3N4O3. The number of alkyl halides is 3. The van der Waals surface area contributed by atoms with Crippen LogP contribution in [-0.4, -0.2) is 37.3 Å². The number of nitrogens with zero attached hydrogens (tertiary/aromatic N) is 4. The molecule has 0 spiro atoms. The summed E-state index contributed by atoms with van der Waals surface area (Å²) in [4.78, 5) is 31.7. The van der Waals surface area contributed by atoms with Crippen molar-refractivity contribution < 1.29 is 22.7 Å². The van der Waals surface area contributed by atoms with Crippen molar-refractivity contribution in [3.63, 3.8) is 0 Å². The van der Waals surface area contributed by atoms with Crippen molar-refractivity contribution in [2.45, 2.75) is 39.3 Å². The van der Waals surface area contributed by atoms with Crippen molar-refractivity contribution in [2.75, 3.05) is 0 Å². The second-order valence-corrected chi connectivity index (χ2v) is 7.42. The van der Waals surface area contributed by atoms with Crippen LogP contribution in [0.1, 0.15) is 28.7 Å². The van der Waals surface area contributed by atoms with E-state index in [-0.39, 0.29) is 42.0 Å². The van der Waals surface area contributed by atoms with Crippen molar-refractivity contribution in [3.8, 4) is 11.4 Å². The Hall–Kier alpha value is -3.56. The van der Waals surface area contributed by atoms with Gasteiger partial charge in [-0.1, -0.05) is 12.1 Å². The predicted octanol–water partition coefficient (Wildman–Crippen LogP) is 3.29. The molecule has 0 saturated heterocycles. The lowest BCUT2D eigenvalue weighted by molar-refractivity contribution is -0.274. The number of carbonyl (C=O) groups excluding carboxylic acids is 1. The third-order valence-corrected chi connectivity index (χ3v) is 5.09. The highest BCUT2D eigenvalue weighted by atomic mass is 19.4. The molecule has 10 heteroatoms. The van der Waals surface area contributed by atoms with E-state index in [1.807, 2.05) is 6.92 Å². The number of hydrogen-bond acceptors (Lipinski definition) is 4. The maximum absolute atomic E-state index is 13.1. The minimum atomic E-state index is -4.79. The Morgan fingerprint density at radius 2 is 1.97 bits per heavy atom. The van der Waals surface area contributed by atoms with Crippen molar-refractivity contribution in [1.29, 1.82) is 0 Å². The van der Waals surface area contributed by atoms with Crippen LogP contribution in [0.25, 0.3) is 5.69 Å². The summed E-state index contributed by atoms with van der Waals surface area (Å²) in [5.41, 5.74) is 1.55. The molecule has 3 aromatic rings. The molecule has 0 fully saturated rings. The molecule has 31 heavy (non-hydrogen) atoms. The number of hydrogen-bond donors (Lipinski definition) is 0. The molecule has 1 atom stereocenters. The van der Waals surface area contributed by atoms with E-state index in [0.29, 0.717) is 11.3 Å². The number of rotatable bonds is 4. The van der Waals surface area contributed by atoms with Gasteiger partial charge in [-0.05, 0) is 43.7 Å². The minimum absolute atomic E-state index is 0.0890. The van der Waals surface area contributed by atoms with Crippen molar-refractivity contribution in [1.82, 2.24) is 19.0 Å². The Bertz CT molecular complexity index is 1200. The molecule has 0 radical (unpaired) electrons. The number of ether oxygens (including phenoxy) is 1. The molecule has 3 heterocycles. The average Bonchev–Trinajstić information content (AvgIpc) is 3.11. The van der Waals surface area contributed by atoms with E-state index in [1.165, 1.54) is 34.0 Å². The number of fused-ring (bicyclic) bond motifs is 1. The number of pyridine rings is 1. The maximum atomic E-state index is 13.1. The first kappa shape index (κ1) is 20.7. The lowest BCUT2D eigenvalue weighted by Gasteiger charge is -2.35. The van der Waals surface area contributed by atoms with Crippen molar-refractivity contribution >= 4 is 5.91 Å². The van der Waals surface area contributed by atoms with E-state index in [9.17, 15) is 22.8 Å². The summed E-state index contributed by atoms with van der Waals surface area (Å²) >= 11 is 0. The smallest absolute Gasteiger partial charge is 0.406 e. The zero-order valence-electron chi connectivity index (χ0n) is 16.8. The fourth-order valence-corrected chi connectivity index (χ4v) is 3.66. The standard InChI is InChI=1S/C21H19F3N4O3/c1-13-9-26(12-25-13)17-6-7-18-20(30)27(14(2)10-28(18)19(17)29)11-15-4-3-5-16(8-15)31-21(22,23)24/h3-9,12,14H,10-11H2,1-2H3/t14-/m1/s1. The van der Waals surface area contributed by atoms with Gasteiger partial charge in [0.05, 0.1) is 12.0 Å². The van der Waals surface area contributed by atoms with Crippen LogP contribution in [0.2, 0.25) is 0 Å². The first-order valence-electron chi connectivity index (χ1n) is 9.53. The third kappa shape index (κ3) is 4.18. The molecule has 7 nitrogen and oxygen atoms in total. The molecule has 0 unspecified atom stereocenters. The molecule has 2 aromatic heterocycles. The van der Waals surface area contributed by atoms with Gasteiger partial charge in [0.2, 0.25) is 0 Å². The largest absolute Gasteiger partial charge is 0.573 e. The topological polar surface area (TPSA) is 69.4 Å². The Morgan fingerprint density at radius 3 is 2.65 bits per heavy atom. The lowest BCUT2D eigenvalue weighted by atomic mass is 10.1. The average molecular weight is 432 g/mol. The van der Waals surface area contributed by atoms with Gasteiger partial charge in [0.1, 0.15) is 17.1 Å². The Morgan fingerprint density at radius 1 is 1.19 bits per heavy atom. The maximum Gasteiger partial charge on any atom is 0.573 e. The molecule has 1 amide bonds. The van der Waals surface area contributed by atoms with Crippen LogP contribution in [-0.2, 0) is 13.1 Å². The summed E-state index contributed by atoms with van der Waals surface area (Å²) in [7, 11) is 0. The molecule has 162 valence electrons. The highest BCUT2D eigenvalue weighted by molar-refractivity contribution is 5.93. The number of benzene rings is 1. The van der Waals surface area contributed by atoms with E-state index in [1.54, 1.807) is 35.9 Å². The molecule has 0 aliphatic carbocycles. The van der Waals surface area contributed by atoms with Gasteiger partial charge in [-0.15, -0.1) is 13.2 Å². The zero-order chi connectivity index (χ0) is 22.3. The first-order valence-corrected chi connectivity index (χ1v) is 9.53. The quantitative estimate of drug-likeness (QED) is 0.635. The summed E-state index contributed by atoms with van der Waals surface area (Å²) in [6.07, 6.45) is -1.53. The number of imidazole rings is 1. The van der Waals surface area contributed by atoms with Crippen LogP contribution in [0.15, 0.2) is 53.7 Å². The normalized spacial score (nSPS) is 16.4. The van der Waals surface area contributed by atoms with Crippen LogP contribution >= 0.6 is 0 Å². The van der Waals surface area contributed by atoms with E-state index < -0.39 is 6.36 Å². The number of carbonyl (C=O) groups is 1. The van der Waals surface area contributed by atoms with Gasteiger partial charge in [0.25, 0.3) is 11.5 Å². The van der Waals surface area contributed by atoms with E-state index in [2.05, 4.69) is 9.72 Å².